The minimum absolute atomic E-state index is 0.00782. The number of nitrogens with zero attached hydrogens (tertiary/aromatic N) is 1. The topological polar surface area (TPSA) is 116 Å². The van der Waals surface area contributed by atoms with Gasteiger partial charge in [0.05, 0.1) is 17.8 Å². The predicted molar refractivity (Wildman–Crippen MR) is 109 cm³/mol. The highest BCUT2D eigenvalue weighted by Crippen LogP contribution is 2.30. The summed E-state index contributed by atoms with van der Waals surface area (Å²) < 4.78 is 1.16. The zero-order valence-electron chi connectivity index (χ0n) is 14.8. The lowest BCUT2D eigenvalue weighted by Gasteiger charge is -2.14. The summed E-state index contributed by atoms with van der Waals surface area (Å²) in [6.45, 7) is 0.168. The van der Waals surface area contributed by atoms with Crippen LogP contribution in [0.3, 0.4) is 0 Å². The zero-order valence-corrected chi connectivity index (χ0v) is 16.4. The number of halogens is 1. The van der Waals surface area contributed by atoms with Crippen LogP contribution < -0.4 is 21.8 Å². The summed E-state index contributed by atoms with van der Waals surface area (Å²) in [5, 5.41) is 18.1. The van der Waals surface area contributed by atoms with Crippen molar-refractivity contribution in [2.75, 3.05) is 12.4 Å². The molecule has 0 spiro atoms. The largest absolute Gasteiger partial charge is 0.505 e. The number of nitrogens with one attached hydrogen (secondary N) is 3. The van der Waals surface area contributed by atoms with E-state index in [9.17, 15) is 19.5 Å². The van der Waals surface area contributed by atoms with Gasteiger partial charge in [0.15, 0.2) is 5.75 Å². The number of rotatable bonds is 5. The molecule has 1 amide bonds. The number of aromatic nitrogens is 2. The monoisotopic (exact) mass is 444 g/mol. The molecule has 1 heterocycles. The molecule has 0 bridgehead atoms. The molecule has 2 aromatic carbocycles. The maximum atomic E-state index is 12.9. The van der Waals surface area contributed by atoms with Gasteiger partial charge in [-0.05, 0) is 33.6 Å². The summed E-state index contributed by atoms with van der Waals surface area (Å²) in [6, 6.07) is 13.7. The van der Waals surface area contributed by atoms with E-state index >= 15 is 0 Å². The van der Waals surface area contributed by atoms with E-state index in [1.54, 1.807) is 6.07 Å². The summed E-state index contributed by atoms with van der Waals surface area (Å²) in [4.78, 5) is 37.0. The van der Waals surface area contributed by atoms with Crippen molar-refractivity contribution >= 4 is 33.2 Å². The second kappa shape index (κ2) is 8.13. The third-order valence-electron chi connectivity index (χ3n) is 4.07. The van der Waals surface area contributed by atoms with Crippen molar-refractivity contribution in [2.45, 2.75) is 6.54 Å². The van der Waals surface area contributed by atoms with Gasteiger partial charge in [-0.2, -0.15) is 0 Å². The normalized spacial score (nSPS) is 10.5. The number of carbonyl (C=O) groups excluding carboxylic acids is 1. The molecule has 8 nitrogen and oxygen atoms in total. The predicted octanol–water partition coefficient (Wildman–Crippen LogP) is 2.16. The van der Waals surface area contributed by atoms with Gasteiger partial charge in [0.2, 0.25) is 0 Å². The second-order valence-corrected chi connectivity index (χ2v) is 6.71. The Morgan fingerprint density at radius 2 is 1.86 bits per heavy atom. The first-order valence-electron chi connectivity index (χ1n) is 8.30. The zero-order chi connectivity index (χ0) is 20.3. The molecule has 1 aromatic heterocycles. The standard InChI is InChI=1S/C19H17BrN4O4/c1-21-17(26)12-8-5-9-13(16(12)25)22-15-14(20)18(27)23-24(19(15)28)10-11-6-3-2-4-7-11/h2-9,22,25H,10H2,1H3,(H,21,26)(H,23,27). The number of anilines is 2. The Bertz CT molecular complexity index is 1140. The summed E-state index contributed by atoms with van der Waals surface area (Å²) in [5.41, 5.74) is -0.0732. The number of aromatic hydroxyl groups is 1. The molecule has 0 aliphatic heterocycles. The molecule has 0 radical (unpaired) electrons. The first-order chi connectivity index (χ1) is 13.4. The summed E-state index contributed by atoms with van der Waals surface area (Å²) >= 11 is 3.11. The minimum atomic E-state index is -0.514. The maximum absolute atomic E-state index is 12.9. The molecule has 9 heteroatoms. The lowest BCUT2D eigenvalue weighted by atomic mass is 10.1. The van der Waals surface area contributed by atoms with Crippen molar-refractivity contribution in [3.05, 3.63) is 84.8 Å². The smallest absolute Gasteiger partial charge is 0.290 e. The third kappa shape index (κ3) is 3.84. The van der Waals surface area contributed by atoms with Gasteiger partial charge in [-0.3, -0.25) is 19.5 Å². The van der Waals surface area contributed by atoms with E-state index in [1.165, 1.54) is 23.9 Å². The lowest BCUT2D eigenvalue weighted by Crippen LogP contribution is -2.32. The van der Waals surface area contributed by atoms with Crippen molar-refractivity contribution in [1.82, 2.24) is 15.1 Å². The van der Waals surface area contributed by atoms with Crippen LogP contribution in [-0.4, -0.2) is 27.8 Å². The van der Waals surface area contributed by atoms with E-state index < -0.39 is 17.0 Å². The molecule has 144 valence electrons. The van der Waals surface area contributed by atoms with Crippen molar-refractivity contribution in [2.24, 2.45) is 0 Å². The fraction of sp³-hybridized carbons (Fsp3) is 0.105. The molecule has 0 fully saturated rings. The quantitative estimate of drug-likeness (QED) is 0.450. The number of carbonyl (C=O) groups is 1. The molecular formula is C19H17BrN4O4. The molecule has 3 rings (SSSR count). The SMILES string of the molecule is CNC(=O)c1cccc(Nc2c(Br)c(=O)[nH]n(Cc3ccccc3)c2=O)c1O. The van der Waals surface area contributed by atoms with Crippen LogP contribution in [0.1, 0.15) is 15.9 Å². The highest BCUT2D eigenvalue weighted by atomic mass is 79.9. The van der Waals surface area contributed by atoms with E-state index in [0.717, 1.165) is 5.56 Å². The van der Waals surface area contributed by atoms with Gasteiger partial charge in [-0.25, -0.2) is 4.68 Å². The molecule has 0 aliphatic carbocycles. The van der Waals surface area contributed by atoms with Crippen molar-refractivity contribution in [3.63, 3.8) is 0 Å². The number of H-pyrrole nitrogens is 1. The van der Waals surface area contributed by atoms with Gasteiger partial charge >= 0.3 is 0 Å². The van der Waals surface area contributed by atoms with Crippen LogP contribution in [0.4, 0.5) is 11.4 Å². The van der Waals surface area contributed by atoms with Crippen LogP contribution in [0.2, 0.25) is 0 Å². The van der Waals surface area contributed by atoms with E-state index in [4.69, 9.17) is 0 Å². The van der Waals surface area contributed by atoms with Crippen molar-refractivity contribution < 1.29 is 9.90 Å². The number of hydrogen-bond acceptors (Lipinski definition) is 5. The van der Waals surface area contributed by atoms with Crippen molar-refractivity contribution in [1.29, 1.82) is 0 Å². The van der Waals surface area contributed by atoms with Crippen LogP contribution in [0.25, 0.3) is 0 Å². The highest BCUT2D eigenvalue weighted by molar-refractivity contribution is 9.10. The number of benzene rings is 2. The number of para-hydroxylation sites is 1. The Morgan fingerprint density at radius 3 is 2.54 bits per heavy atom. The number of phenolic OH excluding ortho intramolecular Hbond substituents is 1. The van der Waals surface area contributed by atoms with E-state index in [0.29, 0.717) is 0 Å². The minimum Gasteiger partial charge on any atom is -0.505 e. The van der Waals surface area contributed by atoms with Crippen LogP contribution in [0.15, 0.2) is 62.6 Å². The van der Waals surface area contributed by atoms with Gasteiger partial charge < -0.3 is 15.7 Å². The van der Waals surface area contributed by atoms with E-state index in [2.05, 4.69) is 31.7 Å². The first-order valence-corrected chi connectivity index (χ1v) is 9.09. The molecule has 0 atom stereocenters. The number of amides is 1. The molecular weight excluding hydrogens is 428 g/mol. The fourth-order valence-electron chi connectivity index (χ4n) is 2.65. The van der Waals surface area contributed by atoms with Gasteiger partial charge in [-0.15, -0.1) is 0 Å². The highest BCUT2D eigenvalue weighted by Gasteiger charge is 2.18. The van der Waals surface area contributed by atoms with Gasteiger partial charge in [-0.1, -0.05) is 36.4 Å². The molecule has 28 heavy (non-hydrogen) atoms. The fourth-order valence-corrected chi connectivity index (χ4v) is 3.00. The van der Waals surface area contributed by atoms with Crippen LogP contribution in [0.5, 0.6) is 5.75 Å². The number of phenols is 1. The summed E-state index contributed by atoms with van der Waals surface area (Å²) in [6.07, 6.45) is 0. The van der Waals surface area contributed by atoms with Crippen LogP contribution >= 0.6 is 15.9 Å². The third-order valence-corrected chi connectivity index (χ3v) is 4.82. The Labute approximate surface area is 168 Å². The van der Waals surface area contributed by atoms with E-state index in [1.807, 2.05) is 30.3 Å². The van der Waals surface area contributed by atoms with Crippen LogP contribution in [-0.2, 0) is 6.54 Å². The van der Waals surface area contributed by atoms with E-state index in [-0.39, 0.29) is 33.7 Å². The summed E-state index contributed by atoms with van der Waals surface area (Å²) in [7, 11) is 1.44. The molecule has 4 N–H and O–H groups in total. The number of aromatic amines is 1. The van der Waals surface area contributed by atoms with Crippen LogP contribution in [0, 0.1) is 0 Å². The maximum Gasteiger partial charge on any atom is 0.290 e. The second-order valence-electron chi connectivity index (χ2n) is 5.91. The van der Waals surface area contributed by atoms with Gasteiger partial charge in [0.1, 0.15) is 10.2 Å². The Kier molecular flexibility index (Phi) is 5.65. The molecule has 0 saturated carbocycles. The molecule has 0 aliphatic rings. The summed E-state index contributed by atoms with van der Waals surface area (Å²) in [5.74, 6) is -0.810. The Morgan fingerprint density at radius 1 is 1.14 bits per heavy atom. The molecule has 3 aromatic rings. The van der Waals surface area contributed by atoms with Gasteiger partial charge in [0.25, 0.3) is 17.0 Å². The lowest BCUT2D eigenvalue weighted by molar-refractivity contribution is 0.0960. The van der Waals surface area contributed by atoms with Crippen molar-refractivity contribution in [3.8, 4) is 5.75 Å². The Hall–Kier alpha value is -3.33. The first kappa shape index (κ1) is 19.4. The molecule has 0 unspecified atom stereocenters. The average Bonchev–Trinajstić information content (AvgIpc) is 2.70. The molecule has 0 saturated heterocycles. The Balaban J connectivity index is 2.05. The number of hydrogen-bond donors (Lipinski definition) is 4. The van der Waals surface area contributed by atoms with Gasteiger partial charge in [0, 0.05) is 7.05 Å². The average molecular weight is 445 g/mol.